The van der Waals surface area contributed by atoms with E-state index in [1.165, 1.54) is 0 Å². The zero-order chi connectivity index (χ0) is 12.0. The topological polar surface area (TPSA) is 55.1 Å². The van der Waals surface area contributed by atoms with E-state index in [0.29, 0.717) is 5.92 Å². The summed E-state index contributed by atoms with van der Waals surface area (Å²) in [4.78, 5) is 16.7. The average molecular weight is 234 g/mol. The van der Waals surface area contributed by atoms with Gasteiger partial charge in [-0.05, 0) is 39.0 Å². The highest BCUT2D eigenvalue weighted by Crippen LogP contribution is 2.41. The lowest BCUT2D eigenvalue weighted by atomic mass is 10.2. The lowest BCUT2D eigenvalue weighted by Gasteiger charge is -2.21. The van der Waals surface area contributed by atoms with Crippen LogP contribution in [0.2, 0.25) is 0 Å². The average Bonchev–Trinajstić information content (AvgIpc) is 3.02. The molecule has 2 saturated carbocycles. The SMILES string of the molecule is Cc1cc(=O)n(C2CCCC2O)c(C2CC2)n1. The summed E-state index contributed by atoms with van der Waals surface area (Å²) < 4.78 is 1.77. The molecule has 0 saturated heterocycles. The summed E-state index contributed by atoms with van der Waals surface area (Å²) in [7, 11) is 0. The van der Waals surface area contributed by atoms with Crippen LogP contribution in [0.5, 0.6) is 0 Å². The van der Waals surface area contributed by atoms with Crippen molar-refractivity contribution in [2.24, 2.45) is 0 Å². The Kier molecular flexibility index (Phi) is 2.54. The van der Waals surface area contributed by atoms with Crippen LogP contribution < -0.4 is 5.56 Å². The zero-order valence-corrected chi connectivity index (χ0v) is 10.1. The predicted molar refractivity (Wildman–Crippen MR) is 64.1 cm³/mol. The molecule has 2 atom stereocenters. The molecule has 0 aliphatic heterocycles. The summed E-state index contributed by atoms with van der Waals surface area (Å²) in [5.74, 6) is 1.34. The predicted octanol–water partition coefficient (Wildman–Crippen LogP) is 1.52. The third-order valence-corrected chi connectivity index (χ3v) is 3.83. The first-order valence-corrected chi connectivity index (χ1v) is 6.45. The minimum Gasteiger partial charge on any atom is -0.391 e. The normalized spacial score (nSPS) is 28.6. The van der Waals surface area contributed by atoms with E-state index in [1.807, 2.05) is 6.92 Å². The first kappa shape index (κ1) is 11.0. The quantitative estimate of drug-likeness (QED) is 0.844. The van der Waals surface area contributed by atoms with Crippen molar-refractivity contribution in [2.75, 3.05) is 0 Å². The Balaban J connectivity index is 2.10. The van der Waals surface area contributed by atoms with Gasteiger partial charge in [0.05, 0.1) is 12.1 Å². The molecule has 1 heterocycles. The van der Waals surface area contributed by atoms with Gasteiger partial charge in [-0.1, -0.05) is 0 Å². The van der Waals surface area contributed by atoms with Crippen LogP contribution in [0.1, 0.15) is 55.6 Å². The van der Waals surface area contributed by atoms with Gasteiger partial charge in [0.2, 0.25) is 0 Å². The molecule has 0 bridgehead atoms. The molecule has 0 aromatic carbocycles. The van der Waals surface area contributed by atoms with Gasteiger partial charge in [0.25, 0.3) is 5.56 Å². The monoisotopic (exact) mass is 234 g/mol. The minimum atomic E-state index is -0.380. The van der Waals surface area contributed by atoms with Crippen molar-refractivity contribution >= 4 is 0 Å². The molecule has 17 heavy (non-hydrogen) atoms. The lowest BCUT2D eigenvalue weighted by Crippen LogP contribution is -2.32. The van der Waals surface area contributed by atoms with Crippen molar-refractivity contribution in [3.8, 4) is 0 Å². The van der Waals surface area contributed by atoms with Crippen molar-refractivity contribution in [3.05, 3.63) is 27.9 Å². The smallest absolute Gasteiger partial charge is 0.254 e. The minimum absolute atomic E-state index is 0.00495. The maximum Gasteiger partial charge on any atom is 0.254 e. The van der Waals surface area contributed by atoms with Crippen LogP contribution in [0.15, 0.2) is 10.9 Å². The van der Waals surface area contributed by atoms with Gasteiger partial charge in [-0.2, -0.15) is 0 Å². The number of nitrogens with zero attached hydrogens (tertiary/aromatic N) is 2. The van der Waals surface area contributed by atoms with E-state index in [4.69, 9.17) is 0 Å². The maximum absolute atomic E-state index is 12.1. The number of hydrogen-bond donors (Lipinski definition) is 1. The van der Waals surface area contributed by atoms with Crippen LogP contribution in [0, 0.1) is 6.92 Å². The van der Waals surface area contributed by atoms with Crippen LogP contribution in [0.25, 0.3) is 0 Å². The van der Waals surface area contributed by atoms with Gasteiger partial charge >= 0.3 is 0 Å². The highest BCUT2D eigenvalue weighted by Gasteiger charge is 2.34. The number of rotatable bonds is 2. The van der Waals surface area contributed by atoms with Crippen LogP contribution in [0.4, 0.5) is 0 Å². The number of aryl methyl sites for hydroxylation is 1. The van der Waals surface area contributed by atoms with Gasteiger partial charge in [-0.15, -0.1) is 0 Å². The standard InChI is InChI=1S/C13H18N2O2/c1-8-7-12(17)15(10-3-2-4-11(10)16)13(14-8)9-5-6-9/h7,9-11,16H,2-6H2,1H3. The summed E-state index contributed by atoms with van der Waals surface area (Å²) in [6.07, 6.45) is 4.56. The fourth-order valence-corrected chi connectivity index (χ4v) is 2.81. The van der Waals surface area contributed by atoms with E-state index in [-0.39, 0.29) is 17.7 Å². The molecular weight excluding hydrogens is 216 g/mol. The molecule has 2 aliphatic carbocycles. The molecule has 0 amide bonds. The summed E-state index contributed by atoms with van der Waals surface area (Å²) in [6.45, 7) is 1.86. The molecule has 1 aromatic heterocycles. The fraction of sp³-hybridized carbons (Fsp3) is 0.692. The largest absolute Gasteiger partial charge is 0.391 e. The molecule has 3 rings (SSSR count). The van der Waals surface area contributed by atoms with E-state index in [0.717, 1.165) is 43.6 Å². The van der Waals surface area contributed by atoms with Crippen molar-refractivity contribution < 1.29 is 5.11 Å². The Bertz CT molecular complexity index is 491. The summed E-state index contributed by atoms with van der Waals surface area (Å²) >= 11 is 0. The van der Waals surface area contributed by atoms with Gasteiger partial charge in [-0.25, -0.2) is 4.98 Å². The van der Waals surface area contributed by atoms with Gasteiger partial charge in [-0.3, -0.25) is 9.36 Å². The van der Waals surface area contributed by atoms with E-state index < -0.39 is 0 Å². The molecular formula is C13H18N2O2. The molecule has 0 radical (unpaired) electrons. The van der Waals surface area contributed by atoms with E-state index >= 15 is 0 Å². The second-order valence-corrected chi connectivity index (χ2v) is 5.30. The molecule has 2 aliphatic rings. The number of aliphatic hydroxyl groups excluding tert-OH is 1. The van der Waals surface area contributed by atoms with Crippen LogP contribution >= 0.6 is 0 Å². The van der Waals surface area contributed by atoms with E-state index in [9.17, 15) is 9.90 Å². The molecule has 0 spiro atoms. The third kappa shape index (κ3) is 1.90. The van der Waals surface area contributed by atoms with Crippen LogP contribution in [-0.4, -0.2) is 20.8 Å². The summed E-state index contributed by atoms with van der Waals surface area (Å²) in [5.41, 5.74) is 0.797. The Labute approximate surface area is 100 Å². The Morgan fingerprint density at radius 2 is 2.12 bits per heavy atom. The fourth-order valence-electron chi connectivity index (χ4n) is 2.81. The first-order chi connectivity index (χ1) is 8.16. The zero-order valence-electron chi connectivity index (χ0n) is 10.1. The van der Waals surface area contributed by atoms with Gasteiger partial charge < -0.3 is 5.11 Å². The van der Waals surface area contributed by atoms with Crippen molar-refractivity contribution in [3.63, 3.8) is 0 Å². The Morgan fingerprint density at radius 3 is 2.71 bits per heavy atom. The molecule has 2 fully saturated rings. The second kappa shape index (κ2) is 3.95. The summed E-state index contributed by atoms with van der Waals surface area (Å²) in [5, 5.41) is 9.98. The van der Waals surface area contributed by atoms with Crippen LogP contribution in [0.3, 0.4) is 0 Å². The number of aliphatic hydroxyl groups is 1. The van der Waals surface area contributed by atoms with E-state index in [2.05, 4.69) is 4.98 Å². The van der Waals surface area contributed by atoms with E-state index in [1.54, 1.807) is 10.6 Å². The maximum atomic E-state index is 12.1. The third-order valence-electron chi connectivity index (χ3n) is 3.83. The number of hydrogen-bond acceptors (Lipinski definition) is 3. The number of aromatic nitrogens is 2. The highest BCUT2D eigenvalue weighted by atomic mass is 16.3. The van der Waals surface area contributed by atoms with Crippen molar-refractivity contribution in [2.45, 2.75) is 57.1 Å². The molecule has 4 heteroatoms. The molecule has 92 valence electrons. The Hall–Kier alpha value is -1.16. The van der Waals surface area contributed by atoms with Gasteiger partial charge in [0.15, 0.2) is 0 Å². The lowest BCUT2D eigenvalue weighted by molar-refractivity contribution is 0.132. The van der Waals surface area contributed by atoms with Crippen molar-refractivity contribution in [1.29, 1.82) is 0 Å². The van der Waals surface area contributed by atoms with Crippen molar-refractivity contribution in [1.82, 2.24) is 9.55 Å². The molecule has 1 aromatic rings. The second-order valence-electron chi connectivity index (χ2n) is 5.30. The van der Waals surface area contributed by atoms with Gasteiger partial charge in [0, 0.05) is 17.7 Å². The first-order valence-electron chi connectivity index (χ1n) is 6.45. The molecule has 4 nitrogen and oxygen atoms in total. The molecule has 2 unspecified atom stereocenters. The summed E-state index contributed by atoms with van der Waals surface area (Å²) in [6, 6.07) is 1.53. The van der Waals surface area contributed by atoms with Gasteiger partial charge in [0.1, 0.15) is 5.82 Å². The highest BCUT2D eigenvalue weighted by molar-refractivity contribution is 5.13. The molecule has 1 N–H and O–H groups in total. The Morgan fingerprint density at radius 1 is 1.35 bits per heavy atom. The van der Waals surface area contributed by atoms with Crippen LogP contribution in [-0.2, 0) is 0 Å².